The van der Waals surface area contributed by atoms with Crippen LogP contribution in [0.15, 0.2) is 18.2 Å². The second-order valence-electron chi connectivity index (χ2n) is 7.28. The van der Waals surface area contributed by atoms with Crippen LogP contribution in [0.3, 0.4) is 0 Å². The standard InChI is InChI=1S/C20H19F3N2O6/c21-20(22,23)9-2-1-4-11(26)10-31-14-6-3-5-12-16(14)19(30)25(18(12)29)13-7-8-15(27)24-17(13)28/h3,5-6,13H,1-2,4,7-10H2,(H,24,27,28). The van der Waals surface area contributed by atoms with Crippen molar-refractivity contribution in [2.75, 3.05) is 6.61 Å². The van der Waals surface area contributed by atoms with Gasteiger partial charge in [0.1, 0.15) is 18.4 Å². The number of hydrogen-bond acceptors (Lipinski definition) is 6. The smallest absolute Gasteiger partial charge is 0.389 e. The zero-order chi connectivity index (χ0) is 22.8. The number of hydrogen-bond donors (Lipinski definition) is 1. The number of piperidine rings is 1. The molecule has 166 valence electrons. The van der Waals surface area contributed by atoms with E-state index in [1.807, 2.05) is 0 Å². The molecule has 31 heavy (non-hydrogen) atoms. The molecule has 1 unspecified atom stereocenters. The molecule has 1 fully saturated rings. The molecule has 8 nitrogen and oxygen atoms in total. The topological polar surface area (TPSA) is 110 Å². The molecule has 0 aliphatic carbocycles. The number of benzene rings is 1. The van der Waals surface area contributed by atoms with Gasteiger partial charge in [0, 0.05) is 19.3 Å². The summed E-state index contributed by atoms with van der Waals surface area (Å²) in [5.41, 5.74) is -0.0908. The van der Waals surface area contributed by atoms with Gasteiger partial charge < -0.3 is 4.74 Å². The Bertz CT molecular complexity index is 943. The second kappa shape index (κ2) is 8.86. The normalized spacial score (nSPS) is 18.8. The van der Waals surface area contributed by atoms with Gasteiger partial charge in [0.25, 0.3) is 11.8 Å². The SMILES string of the molecule is O=C(CCCCC(F)(F)F)COc1cccc2c1C(=O)N(C1CCC(=O)NC1=O)C2=O. The molecule has 4 amide bonds. The highest BCUT2D eigenvalue weighted by Crippen LogP contribution is 2.33. The zero-order valence-corrected chi connectivity index (χ0v) is 16.3. The Balaban J connectivity index is 1.65. The third kappa shape index (κ3) is 5.09. The maximum atomic E-state index is 12.9. The predicted octanol–water partition coefficient (Wildman–Crippen LogP) is 2.16. The maximum absolute atomic E-state index is 12.9. The molecule has 2 aliphatic rings. The van der Waals surface area contributed by atoms with Crippen LogP contribution >= 0.6 is 0 Å². The average molecular weight is 440 g/mol. The van der Waals surface area contributed by atoms with Gasteiger partial charge in [-0.2, -0.15) is 13.2 Å². The third-order valence-corrected chi connectivity index (χ3v) is 4.98. The number of nitrogens with zero attached hydrogens (tertiary/aromatic N) is 1. The fourth-order valence-electron chi connectivity index (χ4n) is 3.48. The van der Waals surface area contributed by atoms with E-state index in [4.69, 9.17) is 4.74 Å². The van der Waals surface area contributed by atoms with Crippen molar-refractivity contribution < 1.29 is 41.9 Å². The predicted molar refractivity (Wildman–Crippen MR) is 98.1 cm³/mol. The van der Waals surface area contributed by atoms with Crippen LogP contribution in [0, 0.1) is 0 Å². The fourth-order valence-corrected chi connectivity index (χ4v) is 3.48. The van der Waals surface area contributed by atoms with Crippen molar-refractivity contribution in [1.29, 1.82) is 0 Å². The first-order chi connectivity index (χ1) is 14.6. The zero-order valence-electron chi connectivity index (χ0n) is 16.3. The molecule has 0 radical (unpaired) electrons. The molecular weight excluding hydrogens is 421 g/mol. The largest absolute Gasteiger partial charge is 0.485 e. The van der Waals surface area contributed by atoms with Crippen molar-refractivity contribution in [2.45, 2.75) is 50.7 Å². The average Bonchev–Trinajstić information content (AvgIpc) is 2.94. The molecule has 2 aliphatic heterocycles. The van der Waals surface area contributed by atoms with Gasteiger partial charge in [-0.05, 0) is 31.4 Å². The lowest BCUT2D eigenvalue weighted by Gasteiger charge is -2.27. The first kappa shape index (κ1) is 22.4. The number of unbranched alkanes of at least 4 members (excludes halogenated alkanes) is 1. The Morgan fingerprint density at radius 3 is 2.55 bits per heavy atom. The molecule has 2 heterocycles. The van der Waals surface area contributed by atoms with Crippen LogP contribution in [0.5, 0.6) is 5.75 Å². The molecule has 0 aromatic heterocycles. The quantitative estimate of drug-likeness (QED) is 0.490. The summed E-state index contributed by atoms with van der Waals surface area (Å²) in [4.78, 5) is 61.7. The summed E-state index contributed by atoms with van der Waals surface area (Å²) in [5, 5.41) is 2.09. The number of ketones is 1. The van der Waals surface area contributed by atoms with Crippen molar-refractivity contribution in [1.82, 2.24) is 10.2 Å². The molecule has 3 rings (SSSR count). The summed E-state index contributed by atoms with van der Waals surface area (Å²) >= 11 is 0. The van der Waals surface area contributed by atoms with Gasteiger partial charge in [-0.15, -0.1) is 0 Å². The van der Waals surface area contributed by atoms with E-state index >= 15 is 0 Å². The highest BCUT2D eigenvalue weighted by Gasteiger charge is 2.46. The van der Waals surface area contributed by atoms with Crippen molar-refractivity contribution in [2.24, 2.45) is 0 Å². The highest BCUT2D eigenvalue weighted by molar-refractivity contribution is 6.24. The number of carbonyl (C=O) groups excluding carboxylic acids is 5. The van der Waals surface area contributed by atoms with E-state index in [0.717, 1.165) is 4.90 Å². The first-order valence-corrected chi connectivity index (χ1v) is 9.64. The Morgan fingerprint density at radius 1 is 1.13 bits per heavy atom. The monoisotopic (exact) mass is 440 g/mol. The number of ether oxygens (including phenoxy) is 1. The lowest BCUT2D eigenvalue weighted by molar-refractivity contribution is -0.137. The summed E-state index contributed by atoms with van der Waals surface area (Å²) in [7, 11) is 0. The molecule has 0 saturated carbocycles. The van der Waals surface area contributed by atoms with Crippen LogP contribution in [0.2, 0.25) is 0 Å². The molecule has 1 aromatic rings. The first-order valence-electron chi connectivity index (χ1n) is 9.64. The second-order valence-corrected chi connectivity index (χ2v) is 7.28. The van der Waals surface area contributed by atoms with Gasteiger partial charge in [0.15, 0.2) is 5.78 Å². The summed E-state index contributed by atoms with van der Waals surface area (Å²) in [5.74, 6) is -3.20. The van der Waals surface area contributed by atoms with Gasteiger partial charge in [0.05, 0.1) is 11.1 Å². The fraction of sp³-hybridized carbons (Fsp3) is 0.450. The maximum Gasteiger partial charge on any atom is 0.389 e. The van der Waals surface area contributed by atoms with Crippen LogP contribution in [-0.4, -0.2) is 53.1 Å². The lowest BCUT2D eigenvalue weighted by Crippen LogP contribution is -2.54. The Kier molecular flexibility index (Phi) is 6.42. The number of rotatable bonds is 8. The van der Waals surface area contributed by atoms with E-state index < -0.39 is 54.7 Å². The molecule has 0 spiro atoms. The van der Waals surface area contributed by atoms with Crippen LogP contribution in [0.4, 0.5) is 13.2 Å². The summed E-state index contributed by atoms with van der Waals surface area (Å²) in [6.07, 6.45) is -5.50. The van der Waals surface area contributed by atoms with Gasteiger partial charge in [-0.25, -0.2) is 0 Å². The van der Waals surface area contributed by atoms with Crippen LogP contribution in [0.25, 0.3) is 0 Å². The van der Waals surface area contributed by atoms with E-state index in [2.05, 4.69) is 5.32 Å². The molecule has 1 saturated heterocycles. The Morgan fingerprint density at radius 2 is 1.87 bits per heavy atom. The van der Waals surface area contributed by atoms with Crippen molar-refractivity contribution in [3.63, 3.8) is 0 Å². The number of imide groups is 2. The number of amides is 4. The van der Waals surface area contributed by atoms with Gasteiger partial charge in [-0.3, -0.25) is 34.2 Å². The highest BCUT2D eigenvalue weighted by atomic mass is 19.4. The summed E-state index contributed by atoms with van der Waals surface area (Å²) in [6, 6.07) is 3.08. The van der Waals surface area contributed by atoms with Crippen LogP contribution in [0.1, 0.15) is 59.2 Å². The number of alkyl halides is 3. The van der Waals surface area contributed by atoms with Crippen molar-refractivity contribution in [3.05, 3.63) is 29.3 Å². The molecular formula is C20H19F3N2O6. The van der Waals surface area contributed by atoms with Crippen LogP contribution in [-0.2, 0) is 14.4 Å². The van der Waals surface area contributed by atoms with E-state index in [9.17, 15) is 37.1 Å². The Hall–Kier alpha value is -3.24. The Labute approximate surface area is 174 Å². The number of fused-ring (bicyclic) bond motifs is 1. The van der Waals surface area contributed by atoms with E-state index in [1.54, 1.807) is 0 Å². The molecule has 11 heteroatoms. The minimum absolute atomic E-state index is 0.00272. The summed E-state index contributed by atoms with van der Waals surface area (Å²) < 4.78 is 41.8. The number of Topliss-reactive ketones (excluding diaryl/α,β-unsaturated/α-hetero) is 1. The molecule has 1 aromatic carbocycles. The van der Waals surface area contributed by atoms with Crippen molar-refractivity contribution >= 4 is 29.4 Å². The van der Waals surface area contributed by atoms with E-state index in [1.165, 1.54) is 18.2 Å². The summed E-state index contributed by atoms with van der Waals surface area (Å²) in [6.45, 7) is -0.470. The van der Waals surface area contributed by atoms with Crippen LogP contribution < -0.4 is 10.1 Å². The van der Waals surface area contributed by atoms with Gasteiger partial charge >= 0.3 is 6.18 Å². The number of carbonyl (C=O) groups is 5. The molecule has 1 N–H and O–H groups in total. The van der Waals surface area contributed by atoms with Gasteiger partial charge in [0.2, 0.25) is 11.8 Å². The minimum atomic E-state index is -4.27. The lowest BCUT2D eigenvalue weighted by atomic mass is 10.0. The molecule has 0 bridgehead atoms. The third-order valence-electron chi connectivity index (χ3n) is 4.98. The number of nitrogens with one attached hydrogen (secondary N) is 1. The minimum Gasteiger partial charge on any atom is -0.485 e. The van der Waals surface area contributed by atoms with E-state index in [-0.39, 0.29) is 49.0 Å². The number of halogens is 3. The molecule has 1 atom stereocenters. The van der Waals surface area contributed by atoms with Gasteiger partial charge in [-0.1, -0.05) is 6.07 Å². The van der Waals surface area contributed by atoms with E-state index in [0.29, 0.717) is 0 Å². The van der Waals surface area contributed by atoms with Crippen molar-refractivity contribution in [3.8, 4) is 5.75 Å².